The average Bonchev–Trinajstić information content (AvgIpc) is 2.69. The summed E-state index contributed by atoms with van der Waals surface area (Å²) in [6.45, 7) is 1.90. The van der Waals surface area contributed by atoms with Crippen LogP contribution in [0.1, 0.15) is 28.9 Å². The lowest BCUT2D eigenvalue weighted by atomic mass is 10.1. The zero-order valence-corrected chi connectivity index (χ0v) is 16.0. The van der Waals surface area contributed by atoms with E-state index >= 15 is 0 Å². The number of hydrogen-bond donors (Lipinski definition) is 3. The fraction of sp³-hybridized carbons (Fsp3) is 0.0952. The number of anilines is 2. The molecule has 0 spiro atoms. The number of carbonyl (C=O) groups is 1. The van der Waals surface area contributed by atoms with Crippen molar-refractivity contribution in [1.29, 1.82) is 0 Å². The van der Waals surface area contributed by atoms with Crippen molar-refractivity contribution >= 4 is 27.4 Å². The van der Waals surface area contributed by atoms with E-state index in [1.165, 1.54) is 12.1 Å². The first-order valence-electron chi connectivity index (χ1n) is 8.63. The van der Waals surface area contributed by atoms with Gasteiger partial charge in [0, 0.05) is 11.7 Å². The molecule has 3 rings (SSSR count). The van der Waals surface area contributed by atoms with E-state index in [1.54, 1.807) is 30.3 Å². The maximum Gasteiger partial charge on any atom is 0.335 e. The van der Waals surface area contributed by atoms with Gasteiger partial charge in [-0.05, 0) is 42.8 Å². The molecule has 3 aromatic rings. The maximum absolute atomic E-state index is 13.0. The topological polar surface area (TPSA) is 95.5 Å². The zero-order chi connectivity index (χ0) is 20.1. The SMILES string of the molecule is CC(Nc1ccc(C(=O)O)cc1S(=O)(=O)Nc1ccccc1)c1ccccc1. The summed E-state index contributed by atoms with van der Waals surface area (Å²) >= 11 is 0. The standard InChI is InChI=1S/C21H20N2O4S/c1-15(16-8-4-2-5-9-16)22-19-13-12-17(21(24)25)14-20(19)28(26,27)23-18-10-6-3-7-11-18/h2-15,22-23H,1H3,(H,24,25). The second-order valence-corrected chi connectivity index (χ2v) is 7.92. The summed E-state index contributed by atoms with van der Waals surface area (Å²) in [5, 5.41) is 12.5. The van der Waals surface area contributed by atoms with E-state index in [1.807, 2.05) is 37.3 Å². The molecular weight excluding hydrogens is 376 g/mol. The van der Waals surface area contributed by atoms with Crippen molar-refractivity contribution < 1.29 is 18.3 Å². The second kappa shape index (κ2) is 8.14. The maximum atomic E-state index is 13.0. The Kier molecular flexibility index (Phi) is 5.65. The van der Waals surface area contributed by atoms with Gasteiger partial charge in [-0.15, -0.1) is 0 Å². The minimum atomic E-state index is -4.00. The van der Waals surface area contributed by atoms with Gasteiger partial charge in [0.05, 0.1) is 11.3 Å². The van der Waals surface area contributed by atoms with Gasteiger partial charge in [0.2, 0.25) is 0 Å². The fourth-order valence-electron chi connectivity index (χ4n) is 2.77. The number of sulfonamides is 1. The molecule has 144 valence electrons. The van der Waals surface area contributed by atoms with Gasteiger partial charge in [0.1, 0.15) is 4.90 Å². The van der Waals surface area contributed by atoms with E-state index in [4.69, 9.17) is 0 Å². The lowest BCUT2D eigenvalue weighted by Gasteiger charge is -2.19. The molecule has 6 nitrogen and oxygen atoms in total. The predicted octanol–water partition coefficient (Wildman–Crippen LogP) is 4.36. The molecule has 0 aliphatic heterocycles. The van der Waals surface area contributed by atoms with E-state index in [2.05, 4.69) is 10.0 Å². The van der Waals surface area contributed by atoms with E-state index in [9.17, 15) is 18.3 Å². The van der Waals surface area contributed by atoms with Gasteiger partial charge in [0.25, 0.3) is 10.0 Å². The number of carboxylic acid groups (broad SMARTS) is 1. The Bertz CT molecular complexity index is 1070. The van der Waals surface area contributed by atoms with Crippen LogP contribution in [0.3, 0.4) is 0 Å². The van der Waals surface area contributed by atoms with Crippen LogP contribution in [0.25, 0.3) is 0 Å². The first kappa shape index (κ1) is 19.4. The van der Waals surface area contributed by atoms with Crippen LogP contribution in [0.2, 0.25) is 0 Å². The van der Waals surface area contributed by atoms with Crippen molar-refractivity contribution in [2.45, 2.75) is 17.9 Å². The number of benzene rings is 3. The fourth-order valence-corrected chi connectivity index (χ4v) is 4.03. The van der Waals surface area contributed by atoms with Crippen molar-refractivity contribution in [2.24, 2.45) is 0 Å². The van der Waals surface area contributed by atoms with E-state index in [0.717, 1.165) is 11.6 Å². The Hall–Kier alpha value is -3.32. The molecule has 7 heteroatoms. The van der Waals surface area contributed by atoms with Crippen molar-refractivity contribution in [3.63, 3.8) is 0 Å². The van der Waals surface area contributed by atoms with Crippen molar-refractivity contribution in [3.8, 4) is 0 Å². The smallest absolute Gasteiger partial charge is 0.335 e. The molecule has 0 saturated heterocycles. The van der Waals surface area contributed by atoms with Crippen LogP contribution in [0.4, 0.5) is 11.4 Å². The van der Waals surface area contributed by atoms with Gasteiger partial charge in [-0.1, -0.05) is 48.5 Å². The highest BCUT2D eigenvalue weighted by atomic mass is 32.2. The molecule has 0 amide bonds. The van der Waals surface area contributed by atoms with Crippen LogP contribution in [0.5, 0.6) is 0 Å². The molecule has 3 aromatic carbocycles. The van der Waals surface area contributed by atoms with Crippen LogP contribution in [-0.4, -0.2) is 19.5 Å². The summed E-state index contributed by atoms with van der Waals surface area (Å²) in [6, 6.07) is 21.8. The van der Waals surface area contributed by atoms with Gasteiger partial charge in [0.15, 0.2) is 0 Å². The number of rotatable bonds is 7. The summed E-state index contributed by atoms with van der Waals surface area (Å²) in [6.07, 6.45) is 0. The average molecular weight is 396 g/mol. The molecule has 0 aliphatic carbocycles. The highest BCUT2D eigenvalue weighted by Crippen LogP contribution is 2.28. The molecule has 3 N–H and O–H groups in total. The van der Waals surface area contributed by atoms with Crippen molar-refractivity contribution in [2.75, 3.05) is 10.0 Å². The molecule has 1 unspecified atom stereocenters. The third kappa shape index (κ3) is 4.50. The minimum Gasteiger partial charge on any atom is -0.478 e. The predicted molar refractivity (Wildman–Crippen MR) is 109 cm³/mol. The Labute approximate surface area is 163 Å². The van der Waals surface area contributed by atoms with Gasteiger partial charge < -0.3 is 10.4 Å². The molecule has 28 heavy (non-hydrogen) atoms. The van der Waals surface area contributed by atoms with Crippen LogP contribution in [0, 0.1) is 0 Å². The molecule has 0 fully saturated rings. The molecule has 0 saturated carbocycles. The number of aromatic carboxylic acids is 1. The van der Waals surface area contributed by atoms with Crippen LogP contribution in [-0.2, 0) is 10.0 Å². The van der Waals surface area contributed by atoms with Crippen LogP contribution >= 0.6 is 0 Å². The van der Waals surface area contributed by atoms with Gasteiger partial charge in [-0.2, -0.15) is 0 Å². The largest absolute Gasteiger partial charge is 0.478 e. The molecule has 0 radical (unpaired) electrons. The lowest BCUT2D eigenvalue weighted by Crippen LogP contribution is -2.17. The summed E-state index contributed by atoms with van der Waals surface area (Å²) in [7, 11) is -4.00. The highest BCUT2D eigenvalue weighted by molar-refractivity contribution is 7.92. The van der Waals surface area contributed by atoms with E-state index in [0.29, 0.717) is 11.4 Å². The third-order valence-corrected chi connectivity index (χ3v) is 5.64. The molecular formula is C21H20N2O4S. The molecule has 1 atom stereocenters. The molecule has 0 bridgehead atoms. The minimum absolute atomic E-state index is 0.105. The number of carboxylic acids is 1. The van der Waals surface area contributed by atoms with Crippen LogP contribution in [0.15, 0.2) is 83.8 Å². The highest BCUT2D eigenvalue weighted by Gasteiger charge is 2.22. The third-order valence-electron chi connectivity index (χ3n) is 4.22. The lowest BCUT2D eigenvalue weighted by molar-refractivity contribution is 0.0696. The summed E-state index contributed by atoms with van der Waals surface area (Å²) < 4.78 is 28.4. The van der Waals surface area contributed by atoms with E-state index in [-0.39, 0.29) is 16.5 Å². The quantitative estimate of drug-likeness (QED) is 0.551. The Morgan fingerprint density at radius 3 is 2.14 bits per heavy atom. The van der Waals surface area contributed by atoms with Gasteiger partial charge >= 0.3 is 5.97 Å². The van der Waals surface area contributed by atoms with Gasteiger partial charge in [-0.25, -0.2) is 13.2 Å². The van der Waals surface area contributed by atoms with E-state index < -0.39 is 16.0 Å². The van der Waals surface area contributed by atoms with Gasteiger partial charge in [-0.3, -0.25) is 4.72 Å². The zero-order valence-electron chi connectivity index (χ0n) is 15.2. The molecule has 0 aliphatic rings. The number of nitrogens with one attached hydrogen (secondary N) is 2. The Morgan fingerprint density at radius 1 is 0.929 bits per heavy atom. The second-order valence-electron chi connectivity index (χ2n) is 6.26. The Balaban J connectivity index is 2.00. The van der Waals surface area contributed by atoms with Crippen molar-refractivity contribution in [3.05, 3.63) is 90.0 Å². The normalized spacial score (nSPS) is 12.2. The first-order chi connectivity index (χ1) is 13.4. The summed E-state index contributed by atoms with van der Waals surface area (Å²) in [4.78, 5) is 11.2. The summed E-state index contributed by atoms with van der Waals surface area (Å²) in [5.74, 6) is -1.20. The summed E-state index contributed by atoms with van der Waals surface area (Å²) in [5.41, 5.74) is 1.59. The monoisotopic (exact) mass is 396 g/mol. The van der Waals surface area contributed by atoms with Crippen LogP contribution < -0.4 is 10.0 Å². The molecule has 0 heterocycles. The Morgan fingerprint density at radius 2 is 1.54 bits per heavy atom. The first-order valence-corrected chi connectivity index (χ1v) is 10.1. The number of hydrogen-bond acceptors (Lipinski definition) is 4. The molecule has 0 aromatic heterocycles. The number of para-hydroxylation sites is 1. The van der Waals surface area contributed by atoms with Crippen molar-refractivity contribution in [1.82, 2.24) is 0 Å².